The number of aromatic nitrogens is 4. The van der Waals surface area contributed by atoms with Crippen molar-refractivity contribution >= 4 is 23.4 Å². The molecule has 2 aromatic heterocycles. The van der Waals surface area contributed by atoms with Crippen LogP contribution in [-0.4, -0.2) is 31.4 Å². The first kappa shape index (κ1) is 22.7. The fraction of sp³-hybridized carbons (Fsp3) is 0.231. The Labute approximate surface area is 198 Å². The summed E-state index contributed by atoms with van der Waals surface area (Å²) in [6.07, 6.45) is 3.50. The van der Waals surface area contributed by atoms with E-state index in [0.29, 0.717) is 11.7 Å². The van der Waals surface area contributed by atoms with Gasteiger partial charge in [0.05, 0.1) is 12.3 Å². The maximum Gasteiger partial charge on any atom is 0.234 e. The van der Waals surface area contributed by atoms with Gasteiger partial charge in [0.1, 0.15) is 0 Å². The molecular formula is C26H27N5OS. The van der Waals surface area contributed by atoms with Gasteiger partial charge in [-0.05, 0) is 40.8 Å². The van der Waals surface area contributed by atoms with Gasteiger partial charge in [-0.3, -0.25) is 14.3 Å². The van der Waals surface area contributed by atoms with E-state index in [1.165, 1.54) is 17.3 Å². The zero-order valence-corrected chi connectivity index (χ0v) is 19.8. The van der Waals surface area contributed by atoms with Crippen LogP contribution >= 0.6 is 11.8 Å². The molecule has 0 unspecified atom stereocenters. The van der Waals surface area contributed by atoms with E-state index in [9.17, 15) is 4.79 Å². The van der Waals surface area contributed by atoms with Gasteiger partial charge in [0.25, 0.3) is 0 Å². The number of anilines is 1. The van der Waals surface area contributed by atoms with Gasteiger partial charge in [-0.1, -0.05) is 75.0 Å². The number of amides is 1. The highest BCUT2D eigenvalue weighted by atomic mass is 32.2. The first-order chi connectivity index (χ1) is 15.9. The number of thioether (sulfide) groups is 1. The summed E-state index contributed by atoms with van der Waals surface area (Å²) in [5.41, 5.74) is 4.11. The maximum atomic E-state index is 12.6. The molecule has 2 heterocycles. The minimum atomic E-state index is -0.0827. The third kappa shape index (κ3) is 5.87. The highest BCUT2D eigenvalue weighted by molar-refractivity contribution is 7.99. The fourth-order valence-corrected chi connectivity index (χ4v) is 4.13. The summed E-state index contributed by atoms with van der Waals surface area (Å²) in [4.78, 5) is 16.8. The number of hydrogen-bond acceptors (Lipinski definition) is 5. The van der Waals surface area contributed by atoms with E-state index in [1.807, 2.05) is 47.0 Å². The normalized spacial score (nSPS) is 11.4. The number of pyridine rings is 1. The predicted octanol–water partition coefficient (Wildman–Crippen LogP) is 5.42. The lowest BCUT2D eigenvalue weighted by Crippen LogP contribution is -2.15. The average molecular weight is 458 g/mol. The predicted molar refractivity (Wildman–Crippen MR) is 133 cm³/mol. The summed E-state index contributed by atoms with van der Waals surface area (Å²) >= 11 is 1.37. The van der Waals surface area contributed by atoms with E-state index in [-0.39, 0.29) is 17.1 Å². The number of carbonyl (C=O) groups is 1. The largest absolute Gasteiger partial charge is 0.325 e. The number of nitrogens with zero attached hydrogens (tertiary/aromatic N) is 4. The molecule has 1 N–H and O–H groups in total. The van der Waals surface area contributed by atoms with Crippen LogP contribution in [0.15, 0.2) is 84.3 Å². The van der Waals surface area contributed by atoms with Crippen LogP contribution in [0, 0.1) is 0 Å². The van der Waals surface area contributed by atoms with Crippen LogP contribution in [0.25, 0.3) is 11.4 Å². The van der Waals surface area contributed by atoms with Crippen LogP contribution in [0.3, 0.4) is 0 Å². The molecule has 0 saturated carbocycles. The quantitative estimate of drug-likeness (QED) is 0.375. The monoisotopic (exact) mass is 457 g/mol. The summed E-state index contributed by atoms with van der Waals surface area (Å²) in [5.74, 6) is 0.884. The number of rotatable bonds is 7. The molecule has 0 aliphatic carbocycles. The molecule has 0 aliphatic heterocycles. The van der Waals surface area contributed by atoms with Gasteiger partial charge in [-0.2, -0.15) is 0 Å². The summed E-state index contributed by atoms with van der Waals surface area (Å²) in [5, 5.41) is 12.4. The van der Waals surface area contributed by atoms with E-state index in [2.05, 4.69) is 65.5 Å². The summed E-state index contributed by atoms with van der Waals surface area (Å²) in [6.45, 7) is 7.12. The van der Waals surface area contributed by atoms with Crippen molar-refractivity contribution in [2.75, 3.05) is 11.1 Å². The Morgan fingerprint density at radius 1 is 0.970 bits per heavy atom. The minimum Gasteiger partial charge on any atom is -0.325 e. The van der Waals surface area contributed by atoms with Crippen molar-refractivity contribution < 1.29 is 4.79 Å². The molecule has 4 aromatic rings. The molecular weight excluding hydrogens is 430 g/mol. The molecule has 4 rings (SSSR count). The maximum absolute atomic E-state index is 12.6. The summed E-state index contributed by atoms with van der Waals surface area (Å²) in [7, 11) is 0. The molecule has 0 spiro atoms. The zero-order valence-electron chi connectivity index (χ0n) is 19.0. The third-order valence-electron chi connectivity index (χ3n) is 5.19. The first-order valence-electron chi connectivity index (χ1n) is 10.8. The molecule has 2 aromatic carbocycles. The first-order valence-corrected chi connectivity index (χ1v) is 11.8. The molecule has 7 heteroatoms. The van der Waals surface area contributed by atoms with Crippen LogP contribution in [0.4, 0.5) is 5.69 Å². The van der Waals surface area contributed by atoms with Crippen LogP contribution in [0.2, 0.25) is 0 Å². The Morgan fingerprint density at radius 2 is 1.73 bits per heavy atom. The molecule has 0 radical (unpaired) electrons. The van der Waals surface area contributed by atoms with Crippen molar-refractivity contribution in [3.63, 3.8) is 0 Å². The molecule has 6 nitrogen and oxygen atoms in total. The van der Waals surface area contributed by atoms with Crippen molar-refractivity contribution in [1.29, 1.82) is 0 Å². The number of carbonyl (C=O) groups excluding carboxylic acids is 1. The van der Waals surface area contributed by atoms with Crippen molar-refractivity contribution in [3.05, 3.63) is 90.3 Å². The Bertz CT molecular complexity index is 1200. The van der Waals surface area contributed by atoms with E-state index in [4.69, 9.17) is 0 Å². The van der Waals surface area contributed by atoms with Gasteiger partial charge in [-0.25, -0.2) is 0 Å². The molecule has 1 amide bonds. The highest BCUT2D eigenvalue weighted by Gasteiger charge is 2.17. The second kappa shape index (κ2) is 10.0. The van der Waals surface area contributed by atoms with Gasteiger partial charge in [0.15, 0.2) is 11.0 Å². The van der Waals surface area contributed by atoms with E-state index >= 15 is 0 Å². The van der Waals surface area contributed by atoms with Gasteiger partial charge < -0.3 is 5.32 Å². The van der Waals surface area contributed by atoms with Gasteiger partial charge in [-0.15, -0.1) is 10.2 Å². The van der Waals surface area contributed by atoms with Crippen LogP contribution < -0.4 is 5.32 Å². The lowest BCUT2D eigenvalue weighted by Gasteiger charge is -2.19. The Balaban J connectivity index is 1.48. The van der Waals surface area contributed by atoms with Crippen LogP contribution in [-0.2, 0) is 16.8 Å². The summed E-state index contributed by atoms with van der Waals surface area (Å²) < 4.78 is 2.03. The van der Waals surface area contributed by atoms with E-state index < -0.39 is 0 Å². The highest BCUT2D eigenvalue weighted by Crippen LogP contribution is 2.26. The van der Waals surface area contributed by atoms with Crippen LogP contribution in [0.5, 0.6) is 0 Å². The summed E-state index contributed by atoms with van der Waals surface area (Å²) in [6, 6.07) is 22.0. The molecule has 168 valence electrons. The lowest BCUT2D eigenvalue weighted by atomic mass is 9.87. The van der Waals surface area contributed by atoms with E-state index in [0.717, 1.165) is 22.6 Å². The van der Waals surface area contributed by atoms with Crippen LogP contribution in [0.1, 0.15) is 31.9 Å². The number of hydrogen-bond donors (Lipinski definition) is 1. The van der Waals surface area contributed by atoms with Gasteiger partial charge in [0, 0.05) is 23.6 Å². The molecule has 0 atom stereocenters. The Morgan fingerprint density at radius 3 is 2.39 bits per heavy atom. The second-order valence-electron chi connectivity index (χ2n) is 8.78. The van der Waals surface area contributed by atoms with E-state index in [1.54, 1.807) is 12.4 Å². The Hall–Kier alpha value is -3.45. The van der Waals surface area contributed by atoms with Crippen molar-refractivity contribution in [3.8, 4) is 11.4 Å². The number of nitrogens with one attached hydrogen (secondary N) is 1. The minimum absolute atomic E-state index is 0.0766. The lowest BCUT2D eigenvalue weighted by molar-refractivity contribution is -0.113. The molecule has 33 heavy (non-hydrogen) atoms. The van der Waals surface area contributed by atoms with Crippen molar-refractivity contribution in [2.24, 2.45) is 0 Å². The smallest absolute Gasteiger partial charge is 0.234 e. The molecule has 0 fully saturated rings. The number of benzene rings is 2. The van der Waals surface area contributed by atoms with Gasteiger partial charge in [0.2, 0.25) is 5.91 Å². The fourth-order valence-electron chi connectivity index (χ4n) is 3.39. The SMILES string of the molecule is CC(C)(C)c1ccc(NC(=O)CSc2nnc(-c3cccnc3)n2Cc2ccccc2)cc1. The Kier molecular flexibility index (Phi) is 6.89. The third-order valence-corrected chi connectivity index (χ3v) is 6.15. The average Bonchev–Trinajstić information content (AvgIpc) is 3.21. The molecule has 0 saturated heterocycles. The molecule has 0 bridgehead atoms. The zero-order chi connectivity index (χ0) is 23.3. The molecule has 0 aliphatic rings. The van der Waals surface area contributed by atoms with Crippen molar-refractivity contribution in [2.45, 2.75) is 37.9 Å². The second-order valence-corrected chi connectivity index (χ2v) is 9.73. The topological polar surface area (TPSA) is 72.7 Å². The van der Waals surface area contributed by atoms with Gasteiger partial charge >= 0.3 is 0 Å². The standard InChI is InChI=1S/C26H27N5OS/c1-26(2,3)21-11-13-22(14-12-21)28-23(32)18-33-25-30-29-24(20-10-7-15-27-16-20)31(25)17-19-8-5-4-6-9-19/h4-16H,17-18H2,1-3H3,(H,28,32). The van der Waals surface area contributed by atoms with Crippen molar-refractivity contribution in [1.82, 2.24) is 19.7 Å².